The summed E-state index contributed by atoms with van der Waals surface area (Å²) < 4.78 is 37.2. The maximum Gasteiger partial charge on any atom is 0.209 e. The van der Waals surface area contributed by atoms with Crippen molar-refractivity contribution in [2.75, 3.05) is 39.7 Å². The lowest BCUT2D eigenvalue weighted by molar-refractivity contribution is 0.0453. The van der Waals surface area contributed by atoms with Crippen LogP contribution in [-0.4, -0.2) is 65.1 Å². The predicted molar refractivity (Wildman–Crippen MR) is 99.5 cm³/mol. The number of piperidine rings is 1. The highest BCUT2D eigenvalue weighted by Gasteiger charge is 2.32. The van der Waals surface area contributed by atoms with Gasteiger partial charge in [0.1, 0.15) is 5.75 Å². The molecule has 0 bridgehead atoms. The number of para-hydroxylation sites is 1. The van der Waals surface area contributed by atoms with Gasteiger partial charge in [-0.15, -0.1) is 0 Å². The van der Waals surface area contributed by atoms with E-state index in [2.05, 4.69) is 9.62 Å². The SMILES string of the molecule is COCC1[C@@H](NS(C)(=O)=O)CCCN1CCCOc1ccccc1C. The molecule has 1 aliphatic heterocycles. The van der Waals surface area contributed by atoms with Crippen molar-refractivity contribution in [1.82, 2.24) is 9.62 Å². The molecule has 1 aliphatic rings. The first-order valence-electron chi connectivity index (χ1n) is 8.79. The van der Waals surface area contributed by atoms with E-state index in [1.54, 1.807) is 7.11 Å². The maximum atomic E-state index is 11.6. The average molecular weight is 371 g/mol. The lowest BCUT2D eigenvalue weighted by atomic mass is 9.97. The number of hydrogen-bond donors (Lipinski definition) is 1. The quantitative estimate of drug-likeness (QED) is 0.671. The van der Waals surface area contributed by atoms with Crippen LogP contribution in [-0.2, 0) is 14.8 Å². The van der Waals surface area contributed by atoms with E-state index >= 15 is 0 Å². The van der Waals surface area contributed by atoms with Crippen molar-refractivity contribution in [3.63, 3.8) is 0 Å². The fourth-order valence-corrected chi connectivity index (χ4v) is 4.20. The molecule has 1 saturated heterocycles. The van der Waals surface area contributed by atoms with Crippen molar-refractivity contribution in [2.24, 2.45) is 0 Å². The monoisotopic (exact) mass is 370 g/mol. The first-order valence-corrected chi connectivity index (χ1v) is 10.7. The second-order valence-electron chi connectivity index (χ2n) is 6.66. The van der Waals surface area contributed by atoms with Crippen LogP contribution in [0.15, 0.2) is 24.3 Å². The van der Waals surface area contributed by atoms with Crippen LogP contribution in [0.5, 0.6) is 5.75 Å². The highest BCUT2D eigenvalue weighted by atomic mass is 32.2. The number of rotatable bonds is 9. The van der Waals surface area contributed by atoms with Crippen LogP contribution >= 0.6 is 0 Å². The Balaban J connectivity index is 1.87. The molecule has 0 spiro atoms. The van der Waals surface area contributed by atoms with Crippen molar-refractivity contribution in [3.8, 4) is 5.75 Å². The summed E-state index contributed by atoms with van der Waals surface area (Å²) in [4.78, 5) is 2.32. The van der Waals surface area contributed by atoms with Crippen LogP contribution in [0.1, 0.15) is 24.8 Å². The Morgan fingerprint density at radius 3 is 2.76 bits per heavy atom. The molecule has 142 valence electrons. The number of methoxy groups -OCH3 is 1. The normalized spacial score (nSPS) is 22.0. The summed E-state index contributed by atoms with van der Waals surface area (Å²) in [6.45, 7) is 5.02. The van der Waals surface area contributed by atoms with Crippen LogP contribution in [0.4, 0.5) is 0 Å². The van der Waals surface area contributed by atoms with Gasteiger partial charge in [0.15, 0.2) is 0 Å². The highest BCUT2D eigenvalue weighted by molar-refractivity contribution is 7.88. The van der Waals surface area contributed by atoms with Gasteiger partial charge < -0.3 is 9.47 Å². The molecule has 7 heteroatoms. The predicted octanol–water partition coefficient (Wildman–Crippen LogP) is 1.79. The van der Waals surface area contributed by atoms with Crippen LogP contribution in [0.2, 0.25) is 0 Å². The zero-order chi connectivity index (χ0) is 18.3. The van der Waals surface area contributed by atoms with Gasteiger partial charge in [0, 0.05) is 25.7 Å². The summed E-state index contributed by atoms with van der Waals surface area (Å²) in [6, 6.07) is 7.96. The second kappa shape index (κ2) is 9.52. The third-order valence-corrected chi connectivity index (χ3v) is 5.27. The van der Waals surface area contributed by atoms with Gasteiger partial charge in [-0.3, -0.25) is 4.90 Å². The van der Waals surface area contributed by atoms with Gasteiger partial charge in [0.2, 0.25) is 10.0 Å². The Morgan fingerprint density at radius 1 is 1.32 bits per heavy atom. The molecule has 1 heterocycles. The molecule has 1 aromatic carbocycles. The number of ether oxygens (including phenoxy) is 2. The molecule has 25 heavy (non-hydrogen) atoms. The molecule has 2 atom stereocenters. The van der Waals surface area contributed by atoms with Gasteiger partial charge in [-0.2, -0.15) is 0 Å². The lowest BCUT2D eigenvalue weighted by Gasteiger charge is -2.41. The first-order chi connectivity index (χ1) is 11.9. The smallest absolute Gasteiger partial charge is 0.209 e. The van der Waals surface area contributed by atoms with Gasteiger partial charge in [-0.25, -0.2) is 13.1 Å². The van der Waals surface area contributed by atoms with Gasteiger partial charge in [-0.1, -0.05) is 18.2 Å². The van der Waals surface area contributed by atoms with Gasteiger partial charge >= 0.3 is 0 Å². The summed E-state index contributed by atoms with van der Waals surface area (Å²) in [5, 5.41) is 0. The Hall–Kier alpha value is -1.15. The number of benzene rings is 1. The molecule has 0 radical (unpaired) electrons. The zero-order valence-corrected chi connectivity index (χ0v) is 16.2. The van der Waals surface area contributed by atoms with Crippen LogP contribution < -0.4 is 9.46 Å². The Bertz CT molecular complexity index is 636. The number of aryl methyl sites for hydroxylation is 1. The van der Waals surface area contributed by atoms with Crippen LogP contribution in [0.25, 0.3) is 0 Å². The molecule has 1 N–H and O–H groups in total. The minimum absolute atomic E-state index is 0.0620. The number of hydrogen-bond acceptors (Lipinski definition) is 5. The molecular formula is C18H30N2O4S. The summed E-state index contributed by atoms with van der Waals surface area (Å²) in [5.74, 6) is 0.922. The molecule has 2 rings (SSSR count). The van der Waals surface area contributed by atoms with Crippen molar-refractivity contribution < 1.29 is 17.9 Å². The first kappa shape index (κ1) is 20.2. The van der Waals surface area contributed by atoms with Crippen LogP contribution in [0.3, 0.4) is 0 Å². The fourth-order valence-electron chi connectivity index (χ4n) is 3.38. The summed E-state index contributed by atoms with van der Waals surface area (Å²) >= 11 is 0. The molecule has 1 unspecified atom stereocenters. The fraction of sp³-hybridized carbons (Fsp3) is 0.667. The van der Waals surface area contributed by atoms with E-state index in [1.807, 2.05) is 31.2 Å². The summed E-state index contributed by atoms with van der Waals surface area (Å²) in [7, 11) is -1.56. The van der Waals surface area contributed by atoms with Crippen molar-refractivity contribution >= 4 is 10.0 Å². The van der Waals surface area contributed by atoms with Crippen molar-refractivity contribution in [3.05, 3.63) is 29.8 Å². The van der Waals surface area contributed by atoms with Crippen molar-refractivity contribution in [1.29, 1.82) is 0 Å². The maximum absolute atomic E-state index is 11.6. The number of nitrogens with one attached hydrogen (secondary N) is 1. The third kappa shape index (κ3) is 6.58. The Kier molecular flexibility index (Phi) is 7.68. The number of likely N-dealkylation sites (tertiary alicyclic amines) is 1. The van der Waals surface area contributed by atoms with Gasteiger partial charge in [-0.05, 0) is 44.4 Å². The van der Waals surface area contributed by atoms with Crippen molar-refractivity contribution in [2.45, 2.75) is 38.3 Å². The standard InChI is InChI=1S/C18H30N2O4S/c1-15-8-4-5-10-18(15)24-13-7-12-20-11-6-9-16(17(20)14-23-2)19-25(3,21)22/h4-5,8,10,16-17,19H,6-7,9,11-14H2,1-3H3/t16-,17?/m0/s1. The van der Waals surface area contributed by atoms with Crippen LogP contribution in [0, 0.1) is 6.92 Å². The van der Waals surface area contributed by atoms with E-state index in [0.717, 1.165) is 43.7 Å². The lowest BCUT2D eigenvalue weighted by Crippen LogP contribution is -2.57. The minimum atomic E-state index is -3.22. The molecule has 0 saturated carbocycles. The molecule has 0 amide bonds. The summed E-state index contributed by atoms with van der Waals surface area (Å²) in [5.41, 5.74) is 1.13. The molecule has 0 aliphatic carbocycles. The molecular weight excluding hydrogens is 340 g/mol. The molecule has 0 aromatic heterocycles. The second-order valence-corrected chi connectivity index (χ2v) is 8.44. The Morgan fingerprint density at radius 2 is 2.08 bits per heavy atom. The number of sulfonamides is 1. The minimum Gasteiger partial charge on any atom is -0.493 e. The molecule has 1 fully saturated rings. The summed E-state index contributed by atoms with van der Waals surface area (Å²) in [6.07, 6.45) is 3.93. The van der Waals surface area contributed by atoms with E-state index in [0.29, 0.717) is 13.2 Å². The Labute approximate surface area is 151 Å². The topological polar surface area (TPSA) is 67.9 Å². The number of nitrogens with zero attached hydrogens (tertiary/aromatic N) is 1. The molecule has 6 nitrogen and oxygen atoms in total. The van der Waals surface area contributed by atoms with E-state index < -0.39 is 10.0 Å². The van der Waals surface area contributed by atoms with E-state index in [9.17, 15) is 8.42 Å². The van der Waals surface area contributed by atoms with E-state index in [-0.39, 0.29) is 12.1 Å². The van der Waals surface area contributed by atoms with Gasteiger partial charge in [0.25, 0.3) is 0 Å². The highest BCUT2D eigenvalue weighted by Crippen LogP contribution is 2.20. The van der Waals surface area contributed by atoms with E-state index in [1.165, 1.54) is 6.26 Å². The molecule has 1 aromatic rings. The third-order valence-electron chi connectivity index (χ3n) is 4.54. The zero-order valence-electron chi connectivity index (χ0n) is 15.4. The van der Waals surface area contributed by atoms with E-state index in [4.69, 9.17) is 9.47 Å². The average Bonchev–Trinajstić information content (AvgIpc) is 2.54. The largest absolute Gasteiger partial charge is 0.493 e. The van der Waals surface area contributed by atoms with Gasteiger partial charge in [0.05, 0.1) is 19.5 Å².